The maximum absolute atomic E-state index is 13.8. The van der Waals surface area contributed by atoms with Crippen LogP contribution in [0.15, 0.2) is 50.9 Å². The fourth-order valence-electron chi connectivity index (χ4n) is 5.68. The summed E-state index contributed by atoms with van der Waals surface area (Å²) in [5.74, 6) is 4.42. The number of fused-ring (bicyclic) bond motifs is 2. The molecule has 4 unspecified atom stereocenters. The van der Waals surface area contributed by atoms with Gasteiger partial charge in [-0.25, -0.2) is 9.38 Å². The van der Waals surface area contributed by atoms with Gasteiger partial charge in [0.15, 0.2) is 0 Å². The Hall–Kier alpha value is -3.46. The van der Waals surface area contributed by atoms with Crippen LogP contribution in [0.5, 0.6) is 0 Å². The van der Waals surface area contributed by atoms with Gasteiger partial charge in [0.2, 0.25) is 0 Å². The molecule has 0 radical (unpaired) electrons. The summed E-state index contributed by atoms with van der Waals surface area (Å²) in [6.45, 7) is 8.39. The number of aldehydes is 1. The number of nitrogens with one attached hydrogen (secondary N) is 1. The topological polar surface area (TPSA) is 132 Å². The molecule has 3 fully saturated rings. The van der Waals surface area contributed by atoms with Crippen LogP contribution in [0.2, 0.25) is 0 Å². The third-order valence-electron chi connectivity index (χ3n) is 7.78. The van der Waals surface area contributed by atoms with Crippen LogP contribution in [-0.2, 0) is 15.1 Å². The smallest absolute Gasteiger partial charge is 0.141 e. The number of rotatable bonds is 4. The van der Waals surface area contributed by atoms with E-state index in [0.717, 1.165) is 56.4 Å². The van der Waals surface area contributed by atoms with E-state index in [9.17, 15) is 14.4 Å². The summed E-state index contributed by atoms with van der Waals surface area (Å²) in [4.78, 5) is 19.7. The Balaban J connectivity index is 0.000000186. The Morgan fingerprint density at radius 2 is 2.18 bits per heavy atom. The average molecular weight is 523 g/mol. The van der Waals surface area contributed by atoms with E-state index in [1.54, 1.807) is 6.07 Å². The second kappa shape index (κ2) is 11.9. The van der Waals surface area contributed by atoms with Gasteiger partial charge in [0, 0.05) is 44.3 Å². The van der Waals surface area contributed by atoms with Gasteiger partial charge < -0.3 is 25.6 Å². The predicted molar refractivity (Wildman–Crippen MR) is 141 cm³/mol. The maximum Gasteiger partial charge on any atom is 0.141 e. The van der Waals surface area contributed by atoms with Crippen molar-refractivity contribution in [2.75, 3.05) is 39.8 Å². The van der Waals surface area contributed by atoms with Crippen molar-refractivity contribution in [2.24, 2.45) is 27.1 Å². The van der Waals surface area contributed by atoms with Gasteiger partial charge in [-0.05, 0) is 68.2 Å². The number of piperazine rings is 1. The molecule has 4 aliphatic rings. The number of halogens is 1. The zero-order chi connectivity index (χ0) is 27.3. The first-order chi connectivity index (χ1) is 18.3. The van der Waals surface area contributed by atoms with Crippen molar-refractivity contribution >= 4 is 12.6 Å². The minimum Gasteiger partial charge on any atom is -0.368 e. The number of carbonyl (C=O) groups excluding carboxylic acids is 1. The molecule has 11 heteroatoms. The van der Waals surface area contributed by atoms with E-state index >= 15 is 0 Å². The number of nitrogens with two attached hydrogens (primary N) is 1. The SMILES string of the molecule is Cc1c(C2(C)CN3CCN(C)CC3CO2)ccc(F)c1C#N.NN=N/C=N/C1C=C2CCC(C=O)C2=CN1. The number of hydrogen-bond acceptors (Lipinski definition) is 8. The Bertz CT molecular complexity index is 1210. The monoisotopic (exact) mass is 522 g/mol. The van der Waals surface area contributed by atoms with E-state index in [0.29, 0.717) is 18.2 Å². The summed E-state index contributed by atoms with van der Waals surface area (Å²) in [7, 11) is 2.13. The lowest BCUT2D eigenvalue weighted by atomic mass is 9.87. The molecule has 1 aromatic rings. The van der Waals surface area contributed by atoms with E-state index in [2.05, 4.69) is 37.5 Å². The van der Waals surface area contributed by atoms with Crippen molar-refractivity contribution in [1.29, 1.82) is 5.26 Å². The first-order valence-corrected chi connectivity index (χ1v) is 12.8. The lowest BCUT2D eigenvalue weighted by Crippen LogP contribution is -2.61. The third kappa shape index (κ3) is 5.83. The number of nitriles is 1. The van der Waals surface area contributed by atoms with Gasteiger partial charge in [0.25, 0.3) is 0 Å². The van der Waals surface area contributed by atoms with Gasteiger partial charge in [-0.3, -0.25) is 4.90 Å². The number of nitrogens with zero attached hydrogens (tertiary/aromatic N) is 6. The Morgan fingerprint density at radius 1 is 1.37 bits per heavy atom. The van der Waals surface area contributed by atoms with Crippen LogP contribution in [0.4, 0.5) is 4.39 Å². The number of benzene rings is 1. The standard InChI is InChI=1S/C17H22FN3O.C10H13N5O/c1-12-14(8-19)16(18)5-4-15(12)17(2)11-21-7-6-20(3)9-13(21)10-22-17;11-15-14-6-13-10-3-7-1-2-8(5-16)9(7)4-12-10/h4-5,13H,6-7,9-11H2,1-3H3;3-6,8,10,12H,1-2H2,(H2,11,13,14). The van der Waals surface area contributed by atoms with E-state index in [1.165, 1.54) is 18.0 Å². The molecule has 1 aromatic carbocycles. The number of hydrogen-bond donors (Lipinski definition) is 2. The van der Waals surface area contributed by atoms with Crippen LogP contribution < -0.4 is 11.2 Å². The van der Waals surface area contributed by atoms with E-state index in [4.69, 9.17) is 10.6 Å². The number of morpholine rings is 1. The summed E-state index contributed by atoms with van der Waals surface area (Å²) in [5, 5.41) is 18.8. The molecule has 2 saturated heterocycles. The molecule has 0 aromatic heterocycles. The molecule has 5 rings (SSSR count). The molecular formula is C27H35FN8O2. The van der Waals surface area contributed by atoms with Gasteiger partial charge in [-0.2, -0.15) is 5.26 Å². The summed E-state index contributed by atoms with van der Waals surface area (Å²) in [6, 6.07) is 5.54. The van der Waals surface area contributed by atoms with Crippen LogP contribution in [0.25, 0.3) is 0 Å². The number of likely N-dealkylation sites (N-methyl/N-ethyl adjacent to an activating group) is 1. The molecule has 10 nitrogen and oxygen atoms in total. The fourth-order valence-corrected chi connectivity index (χ4v) is 5.68. The van der Waals surface area contributed by atoms with Crippen molar-refractivity contribution in [3.05, 3.63) is 58.1 Å². The molecule has 1 saturated carbocycles. The first kappa shape index (κ1) is 27.6. The molecule has 0 amide bonds. The molecule has 38 heavy (non-hydrogen) atoms. The zero-order valence-electron chi connectivity index (χ0n) is 22.1. The van der Waals surface area contributed by atoms with Crippen LogP contribution in [0.1, 0.15) is 36.5 Å². The van der Waals surface area contributed by atoms with Gasteiger partial charge in [0.1, 0.15) is 36.3 Å². The molecule has 0 spiro atoms. The molecule has 3 N–H and O–H groups in total. The zero-order valence-corrected chi connectivity index (χ0v) is 22.1. The maximum atomic E-state index is 13.8. The highest BCUT2D eigenvalue weighted by molar-refractivity contribution is 5.65. The second-order valence-electron chi connectivity index (χ2n) is 10.3. The summed E-state index contributed by atoms with van der Waals surface area (Å²) >= 11 is 0. The quantitative estimate of drug-likeness (QED) is 0.155. The van der Waals surface area contributed by atoms with Crippen molar-refractivity contribution in [3.8, 4) is 6.07 Å². The number of dihydropyridines is 1. The van der Waals surface area contributed by atoms with Crippen molar-refractivity contribution in [1.82, 2.24) is 15.1 Å². The molecular weight excluding hydrogens is 487 g/mol. The molecule has 3 aliphatic heterocycles. The summed E-state index contributed by atoms with van der Waals surface area (Å²) < 4.78 is 19.9. The summed E-state index contributed by atoms with van der Waals surface area (Å²) in [6.07, 6.45) is 7.85. The van der Waals surface area contributed by atoms with Crippen LogP contribution >= 0.6 is 0 Å². The highest BCUT2D eigenvalue weighted by atomic mass is 19.1. The number of aliphatic imine (C=N–C) groups is 1. The Morgan fingerprint density at radius 3 is 2.92 bits per heavy atom. The highest BCUT2D eigenvalue weighted by Gasteiger charge is 2.41. The minimum absolute atomic E-state index is 0.0346. The van der Waals surface area contributed by atoms with E-state index in [1.807, 2.05) is 32.2 Å². The number of allylic oxidation sites excluding steroid dienone is 2. The molecule has 3 heterocycles. The van der Waals surface area contributed by atoms with Gasteiger partial charge >= 0.3 is 0 Å². The summed E-state index contributed by atoms with van der Waals surface area (Å²) in [5.41, 5.74) is 3.53. The predicted octanol–water partition coefficient (Wildman–Crippen LogP) is 2.56. The van der Waals surface area contributed by atoms with Crippen LogP contribution in [0, 0.1) is 30.0 Å². The number of ether oxygens (including phenoxy) is 1. The normalized spacial score (nSPS) is 29.4. The molecule has 4 atom stereocenters. The Kier molecular flexibility index (Phi) is 8.66. The van der Waals surface area contributed by atoms with Crippen molar-refractivity contribution < 1.29 is 13.9 Å². The van der Waals surface area contributed by atoms with E-state index < -0.39 is 11.4 Å². The lowest BCUT2D eigenvalue weighted by Gasteiger charge is -2.49. The van der Waals surface area contributed by atoms with Crippen molar-refractivity contribution in [2.45, 2.75) is 44.5 Å². The fraction of sp³-hybridized carbons (Fsp3) is 0.519. The second-order valence-corrected chi connectivity index (χ2v) is 10.3. The van der Waals surface area contributed by atoms with Crippen LogP contribution in [-0.4, -0.2) is 74.5 Å². The molecule has 1 aliphatic carbocycles. The molecule has 202 valence electrons. The van der Waals surface area contributed by atoms with Gasteiger partial charge in [-0.1, -0.05) is 11.3 Å². The van der Waals surface area contributed by atoms with Crippen LogP contribution in [0.3, 0.4) is 0 Å². The Labute approximate surface area is 222 Å². The lowest BCUT2D eigenvalue weighted by molar-refractivity contribution is -0.144. The minimum atomic E-state index is -0.490. The van der Waals surface area contributed by atoms with Gasteiger partial charge in [0.05, 0.1) is 12.2 Å². The highest BCUT2D eigenvalue weighted by Crippen LogP contribution is 2.37. The van der Waals surface area contributed by atoms with Gasteiger partial charge in [-0.15, -0.1) is 5.11 Å². The molecule has 0 bridgehead atoms. The number of carbonyl (C=O) groups is 1. The largest absolute Gasteiger partial charge is 0.368 e. The first-order valence-electron chi connectivity index (χ1n) is 12.8. The average Bonchev–Trinajstić information content (AvgIpc) is 3.32. The van der Waals surface area contributed by atoms with E-state index in [-0.39, 0.29) is 17.6 Å². The van der Waals surface area contributed by atoms with Crippen molar-refractivity contribution in [3.63, 3.8) is 0 Å². The third-order valence-corrected chi connectivity index (χ3v) is 7.78.